The molecule has 1 N–H and O–H groups in total. The zero-order chi connectivity index (χ0) is 11.5. The van der Waals surface area contributed by atoms with Crippen molar-refractivity contribution in [1.29, 1.82) is 0 Å². The van der Waals surface area contributed by atoms with Gasteiger partial charge in [-0.3, -0.25) is 0 Å². The maximum Gasteiger partial charge on any atom is 0.169 e. The molecule has 84 valence electrons. The van der Waals surface area contributed by atoms with E-state index in [2.05, 4.69) is 10.3 Å². The number of rotatable bonds is 2. The minimum Gasteiger partial charge on any atom is -0.364 e. The van der Waals surface area contributed by atoms with Gasteiger partial charge < -0.3 is 10.2 Å². The van der Waals surface area contributed by atoms with E-state index in [-0.39, 0.29) is 0 Å². The quantitative estimate of drug-likeness (QED) is 0.824. The Morgan fingerprint density at radius 1 is 1.25 bits per heavy atom. The summed E-state index contributed by atoms with van der Waals surface area (Å²) in [4.78, 5) is 6.00. The van der Waals surface area contributed by atoms with Crippen molar-refractivity contribution in [1.82, 2.24) is 5.32 Å². The van der Waals surface area contributed by atoms with Crippen LogP contribution in [0.2, 0.25) is 5.02 Å². The first kappa shape index (κ1) is 11.3. The SMILES string of the molecule is CN(C1=C(Cl)N=CCN1)c1ccc(Cl)cc1. The molecular weight excluding hydrogens is 245 g/mol. The summed E-state index contributed by atoms with van der Waals surface area (Å²) in [6.07, 6.45) is 1.74. The molecule has 0 saturated heterocycles. The molecule has 2 rings (SSSR count). The van der Waals surface area contributed by atoms with Gasteiger partial charge in [0.25, 0.3) is 0 Å². The average Bonchev–Trinajstić information content (AvgIpc) is 2.30. The van der Waals surface area contributed by atoms with Crippen molar-refractivity contribution in [2.24, 2.45) is 4.99 Å². The number of nitrogens with one attached hydrogen (secondary N) is 1. The zero-order valence-electron chi connectivity index (χ0n) is 8.74. The Kier molecular flexibility index (Phi) is 3.36. The fraction of sp³-hybridized carbons (Fsp3) is 0.182. The predicted molar refractivity (Wildman–Crippen MR) is 69.2 cm³/mol. The van der Waals surface area contributed by atoms with E-state index in [1.807, 2.05) is 36.2 Å². The Balaban J connectivity index is 2.28. The van der Waals surface area contributed by atoms with Crippen LogP contribution in [0.1, 0.15) is 0 Å². The summed E-state index contributed by atoms with van der Waals surface area (Å²) in [6, 6.07) is 7.54. The van der Waals surface area contributed by atoms with Gasteiger partial charge in [-0.15, -0.1) is 0 Å². The molecule has 3 nitrogen and oxygen atoms in total. The Bertz CT molecular complexity index is 437. The van der Waals surface area contributed by atoms with Crippen LogP contribution in [0.15, 0.2) is 40.2 Å². The predicted octanol–water partition coefficient (Wildman–Crippen LogP) is 2.82. The Hall–Kier alpha value is -1.19. The normalized spacial score (nSPS) is 14.9. The lowest BCUT2D eigenvalue weighted by Gasteiger charge is -2.25. The fourth-order valence-electron chi connectivity index (χ4n) is 1.45. The van der Waals surface area contributed by atoms with Crippen LogP contribution >= 0.6 is 23.2 Å². The van der Waals surface area contributed by atoms with Crippen LogP contribution in [-0.2, 0) is 0 Å². The van der Waals surface area contributed by atoms with E-state index in [1.165, 1.54) is 0 Å². The maximum absolute atomic E-state index is 6.01. The highest BCUT2D eigenvalue weighted by molar-refractivity contribution is 6.31. The van der Waals surface area contributed by atoms with Gasteiger partial charge in [-0.05, 0) is 24.3 Å². The number of hydrogen-bond donors (Lipinski definition) is 1. The second-order valence-electron chi connectivity index (χ2n) is 3.37. The van der Waals surface area contributed by atoms with Crippen LogP contribution < -0.4 is 10.2 Å². The molecule has 0 atom stereocenters. The third kappa shape index (κ3) is 2.31. The molecule has 5 heteroatoms. The van der Waals surface area contributed by atoms with Crippen molar-refractivity contribution in [2.45, 2.75) is 0 Å². The maximum atomic E-state index is 6.01. The number of aliphatic imine (C=N–C) groups is 1. The lowest BCUT2D eigenvalue weighted by atomic mass is 10.3. The first-order valence-corrected chi connectivity index (χ1v) is 5.59. The molecule has 0 aromatic heterocycles. The van der Waals surface area contributed by atoms with E-state index in [0.717, 1.165) is 11.5 Å². The highest BCUT2D eigenvalue weighted by Gasteiger charge is 2.13. The highest BCUT2D eigenvalue weighted by atomic mass is 35.5. The standard InChI is InChI=1S/C11H11Cl2N3/c1-16(9-4-2-8(12)3-5-9)11-10(13)14-6-7-15-11/h2-6,15H,7H2,1H3. The summed E-state index contributed by atoms with van der Waals surface area (Å²) in [5.41, 5.74) is 1.00. The van der Waals surface area contributed by atoms with Crippen molar-refractivity contribution in [3.05, 3.63) is 40.3 Å². The first-order chi connectivity index (χ1) is 7.68. The van der Waals surface area contributed by atoms with Crippen molar-refractivity contribution in [3.8, 4) is 0 Å². The van der Waals surface area contributed by atoms with Crippen molar-refractivity contribution >= 4 is 35.1 Å². The second-order valence-corrected chi connectivity index (χ2v) is 4.16. The van der Waals surface area contributed by atoms with Gasteiger partial charge in [0.05, 0.1) is 6.54 Å². The van der Waals surface area contributed by atoms with Gasteiger partial charge >= 0.3 is 0 Å². The van der Waals surface area contributed by atoms with E-state index in [0.29, 0.717) is 16.7 Å². The molecule has 16 heavy (non-hydrogen) atoms. The highest BCUT2D eigenvalue weighted by Crippen LogP contribution is 2.22. The Morgan fingerprint density at radius 2 is 1.94 bits per heavy atom. The molecule has 0 amide bonds. The van der Waals surface area contributed by atoms with Crippen molar-refractivity contribution in [3.63, 3.8) is 0 Å². The van der Waals surface area contributed by atoms with Gasteiger partial charge in [-0.1, -0.05) is 23.2 Å². The molecule has 0 unspecified atom stereocenters. The molecule has 1 heterocycles. The minimum absolute atomic E-state index is 0.462. The summed E-state index contributed by atoms with van der Waals surface area (Å²) in [7, 11) is 1.93. The molecule has 1 aliphatic heterocycles. The van der Waals surface area contributed by atoms with Crippen LogP contribution in [-0.4, -0.2) is 19.8 Å². The van der Waals surface area contributed by atoms with Crippen LogP contribution in [0.4, 0.5) is 5.69 Å². The smallest absolute Gasteiger partial charge is 0.169 e. The van der Waals surface area contributed by atoms with Gasteiger partial charge in [0.1, 0.15) is 5.82 Å². The largest absolute Gasteiger partial charge is 0.364 e. The molecule has 1 aliphatic rings. The van der Waals surface area contributed by atoms with Gasteiger partial charge in [0.2, 0.25) is 0 Å². The summed E-state index contributed by atoms with van der Waals surface area (Å²) in [6.45, 7) is 0.684. The van der Waals surface area contributed by atoms with E-state index in [1.54, 1.807) is 6.21 Å². The van der Waals surface area contributed by atoms with Gasteiger partial charge in [0, 0.05) is 24.0 Å². The molecule has 0 saturated carbocycles. The Labute approximate surface area is 104 Å². The van der Waals surface area contributed by atoms with Gasteiger partial charge in [-0.25, -0.2) is 4.99 Å². The fourth-order valence-corrected chi connectivity index (χ4v) is 1.84. The number of anilines is 1. The van der Waals surface area contributed by atoms with Crippen LogP contribution in [0.3, 0.4) is 0 Å². The number of hydrogen-bond acceptors (Lipinski definition) is 3. The molecular formula is C11H11Cl2N3. The molecule has 1 aromatic rings. The summed E-state index contributed by atoms with van der Waals surface area (Å²) >= 11 is 11.8. The third-order valence-corrected chi connectivity index (χ3v) is 2.84. The van der Waals surface area contributed by atoms with Crippen LogP contribution in [0.5, 0.6) is 0 Å². The minimum atomic E-state index is 0.462. The monoisotopic (exact) mass is 255 g/mol. The molecule has 0 aliphatic carbocycles. The topological polar surface area (TPSA) is 27.6 Å². The lowest BCUT2D eigenvalue weighted by Crippen LogP contribution is -2.32. The average molecular weight is 256 g/mol. The zero-order valence-corrected chi connectivity index (χ0v) is 10.3. The van der Waals surface area contributed by atoms with E-state index >= 15 is 0 Å². The van der Waals surface area contributed by atoms with Crippen LogP contribution in [0.25, 0.3) is 0 Å². The van der Waals surface area contributed by atoms with Gasteiger partial charge in [0.15, 0.2) is 5.16 Å². The van der Waals surface area contributed by atoms with Crippen LogP contribution in [0, 0.1) is 0 Å². The van der Waals surface area contributed by atoms with E-state index < -0.39 is 0 Å². The summed E-state index contributed by atoms with van der Waals surface area (Å²) < 4.78 is 0. The first-order valence-electron chi connectivity index (χ1n) is 4.84. The number of halogens is 2. The molecule has 1 aromatic carbocycles. The van der Waals surface area contributed by atoms with E-state index in [4.69, 9.17) is 23.2 Å². The van der Waals surface area contributed by atoms with Crippen molar-refractivity contribution in [2.75, 3.05) is 18.5 Å². The van der Waals surface area contributed by atoms with Gasteiger partial charge in [-0.2, -0.15) is 0 Å². The molecule has 0 fully saturated rings. The van der Waals surface area contributed by atoms with Crippen molar-refractivity contribution < 1.29 is 0 Å². The molecule has 0 bridgehead atoms. The number of nitrogens with zero attached hydrogens (tertiary/aromatic N) is 2. The summed E-state index contributed by atoms with van der Waals surface area (Å²) in [5, 5.41) is 4.35. The van der Waals surface area contributed by atoms with E-state index in [9.17, 15) is 0 Å². The third-order valence-electron chi connectivity index (χ3n) is 2.31. The molecule has 0 spiro atoms. The Morgan fingerprint density at radius 3 is 2.56 bits per heavy atom. The lowest BCUT2D eigenvalue weighted by molar-refractivity contribution is 0.842. The summed E-state index contributed by atoms with van der Waals surface area (Å²) in [5.74, 6) is 0.798. The molecule has 0 radical (unpaired) electrons. The second kappa shape index (κ2) is 4.76. The number of benzene rings is 1.